The number of benzene rings is 1. The van der Waals surface area contributed by atoms with E-state index in [0.717, 1.165) is 48.0 Å². The Labute approximate surface area is 185 Å². The number of carbonyl (C=O) groups excluding carboxylic acids is 1. The number of amides is 1. The third-order valence-corrected chi connectivity index (χ3v) is 6.90. The number of aromatic nitrogens is 4. The van der Waals surface area contributed by atoms with Crippen LogP contribution in [0.2, 0.25) is 0 Å². The summed E-state index contributed by atoms with van der Waals surface area (Å²) in [5, 5.41) is 9.09. The molecule has 1 amide bonds. The first kappa shape index (κ1) is 20.8. The van der Waals surface area contributed by atoms with Gasteiger partial charge in [0.1, 0.15) is 0 Å². The Morgan fingerprint density at radius 3 is 2.56 bits per heavy atom. The van der Waals surface area contributed by atoms with Crippen molar-refractivity contribution >= 4 is 5.91 Å². The first-order chi connectivity index (χ1) is 15.3. The van der Waals surface area contributed by atoms with Crippen LogP contribution in [-0.4, -0.2) is 36.4 Å². The lowest BCUT2D eigenvalue weighted by molar-refractivity contribution is 0.0544. The quantitative estimate of drug-likeness (QED) is 0.601. The van der Waals surface area contributed by atoms with E-state index in [2.05, 4.69) is 12.0 Å². The molecule has 2 atom stereocenters. The van der Waals surface area contributed by atoms with E-state index in [9.17, 15) is 13.6 Å². The van der Waals surface area contributed by atoms with Gasteiger partial charge in [-0.25, -0.2) is 8.78 Å². The molecule has 0 spiro atoms. The number of carbonyl (C=O) groups is 1. The maximum atomic E-state index is 14.0. The van der Waals surface area contributed by atoms with Crippen LogP contribution in [0.15, 0.2) is 24.4 Å². The van der Waals surface area contributed by atoms with Crippen LogP contribution in [0.4, 0.5) is 8.78 Å². The maximum Gasteiger partial charge on any atom is 0.258 e. The molecule has 0 radical (unpaired) electrons. The molecule has 32 heavy (non-hydrogen) atoms. The Balaban J connectivity index is 1.56. The highest BCUT2D eigenvalue weighted by atomic mass is 19.2. The summed E-state index contributed by atoms with van der Waals surface area (Å²) in [6, 6.07) is 3.67. The van der Waals surface area contributed by atoms with Crippen molar-refractivity contribution in [2.45, 2.75) is 57.5 Å². The van der Waals surface area contributed by atoms with Gasteiger partial charge in [0, 0.05) is 37.2 Å². The average molecular weight is 440 g/mol. The fourth-order valence-corrected chi connectivity index (χ4v) is 5.19. The molecule has 168 valence electrons. The molecule has 3 heterocycles. The van der Waals surface area contributed by atoms with Crippen LogP contribution in [0, 0.1) is 11.6 Å². The first-order valence-electron chi connectivity index (χ1n) is 11.2. The predicted octanol–water partition coefficient (Wildman–Crippen LogP) is 4.51. The van der Waals surface area contributed by atoms with E-state index in [1.54, 1.807) is 24.0 Å². The van der Waals surface area contributed by atoms with Crippen molar-refractivity contribution in [3.8, 4) is 11.3 Å². The van der Waals surface area contributed by atoms with Gasteiger partial charge in [-0.3, -0.25) is 14.2 Å². The molecule has 2 aromatic heterocycles. The molecule has 0 N–H and O–H groups in total. The Morgan fingerprint density at radius 1 is 1.16 bits per heavy atom. The van der Waals surface area contributed by atoms with Crippen LogP contribution < -0.4 is 0 Å². The van der Waals surface area contributed by atoms with Crippen molar-refractivity contribution < 1.29 is 13.6 Å². The normalized spacial score (nSPS) is 20.5. The van der Waals surface area contributed by atoms with Crippen molar-refractivity contribution in [3.63, 3.8) is 0 Å². The smallest absolute Gasteiger partial charge is 0.258 e. The van der Waals surface area contributed by atoms with Gasteiger partial charge in [-0.1, -0.05) is 6.92 Å². The molecule has 1 aliphatic heterocycles. The van der Waals surface area contributed by atoms with Crippen molar-refractivity contribution in [2.24, 2.45) is 14.1 Å². The second kappa shape index (κ2) is 7.53. The van der Waals surface area contributed by atoms with Crippen molar-refractivity contribution in [1.29, 1.82) is 0 Å². The van der Waals surface area contributed by atoms with Gasteiger partial charge >= 0.3 is 0 Å². The van der Waals surface area contributed by atoms with Gasteiger partial charge in [-0.05, 0) is 50.8 Å². The van der Waals surface area contributed by atoms with Crippen LogP contribution in [0.25, 0.3) is 11.3 Å². The number of nitrogens with zero attached hydrogens (tertiary/aromatic N) is 5. The summed E-state index contributed by atoms with van der Waals surface area (Å²) >= 11 is 0. The molecule has 1 aromatic carbocycles. The summed E-state index contributed by atoms with van der Waals surface area (Å²) in [4.78, 5) is 15.7. The Morgan fingerprint density at radius 2 is 1.91 bits per heavy atom. The van der Waals surface area contributed by atoms with Gasteiger partial charge < -0.3 is 4.90 Å². The van der Waals surface area contributed by atoms with Gasteiger partial charge in [0.25, 0.3) is 5.91 Å². The van der Waals surface area contributed by atoms with E-state index < -0.39 is 11.6 Å². The Hall–Kier alpha value is -3.03. The number of halogens is 2. The monoisotopic (exact) mass is 439 g/mol. The molecule has 5 rings (SSSR count). The molecule has 0 bridgehead atoms. The van der Waals surface area contributed by atoms with Crippen LogP contribution in [0.3, 0.4) is 0 Å². The van der Waals surface area contributed by atoms with Crippen LogP contribution in [0.1, 0.15) is 72.4 Å². The minimum Gasteiger partial charge on any atom is -0.327 e. The zero-order valence-electron chi connectivity index (χ0n) is 18.8. The first-order valence-corrected chi connectivity index (χ1v) is 11.2. The topological polar surface area (TPSA) is 56.0 Å². The number of rotatable bonds is 4. The van der Waals surface area contributed by atoms with Crippen molar-refractivity contribution in [3.05, 3.63) is 58.5 Å². The van der Waals surface area contributed by atoms with E-state index in [4.69, 9.17) is 5.10 Å². The van der Waals surface area contributed by atoms with Crippen LogP contribution in [-0.2, 0) is 20.5 Å². The van der Waals surface area contributed by atoms with Gasteiger partial charge in [0.15, 0.2) is 11.6 Å². The predicted molar refractivity (Wildman–Crippen MR) is 116 cm³/mol. The van der Waals surface area contributed by atoms with Crippen molar-refractivity contribution in [1.82, 2.24) is 24.5 Å². The van der Waals surface area contributed by atoms with Gasteiger partial charge in [0.05, 0.1) is 34.9 Å². The lowest BCUT2D eigenvalue weighted by Gasteiger charge is -2.40. The fourth-order valence-electron chi connectivity index (χ4n) is 5.19. The van der Waals surface area contributed by atoms with E-state index in [0.29, 0.717) is 23.5 Å². The second-order valence-electron chi connectivity index (χ2n) is 8.96. The van der Waals surface area contributed by atoms with E-state index in [1.165, 1.54) is 6.07 Å². The minimum atomic E-state index is -0.880. The molecule has 2 unspecified atom stereocenters. The summed E-state index contributed by atoms with van der Waals surface area (Å²) in [6.45, 7) is 4.06. The molecule has 6 nitrogen and oxygen atoms in total. The third kappa shape index (κ3) is 3.15. The molecule has 2 aliphatic rings. The average Bonchev–Trinajstić information content (AvgIpc) is 3.44. The second-order valence-corrected chi connectivity index (χ2v) is 8.96. The van der Waals surface area contributed by atoms with E-state index >= 15 is 0 Å². The number of hydrogen-bond donors (Lipinski definition) is 0. The van der Waals surface area contributed by atoms with Gasteiger partial charge in [-0.15, -0.1) is 0 Å². The third-order valence-electron chi connectivity index (χ3n) is 6.90. The molecule has 8 heteroatoms. The fraction of sp³-hybridized carbons (Fsp3) is 0.458. The zero-order chi connectivity index (χ0) is 22.7. The maximum absolute atomic E-state index is 14.0. The number of hydrogen-bond acceptors (Lipinski definition) is 3. The van der Waals surface area contributed by atoms with E-state index in [-0.39, 0.29) is 18.0 Å². The molecule has 3 aromatic rings. The highest BCUT2D eigenvalue weighted by Gasteiger charge is 2.41. The number of aryl methyl sites for hydroxylation is 2. The summed E-state index contributed by atoms with van der Waals surface area (Å²) in [7, 11) is 3.70. The molecule has 1 saturated carbocycles. The highest BCUT2D eigenvalue weighted by molar-refractivity contribution is 5.96. The SMILES string of the molecule is CCC1Cc2c(nn(C)c2-c2ccc(F)c(F)c2)C(C)N1C(=O)c1cnn(C)c1C1CC1. The summed E-state index contributed by atoms with van der Waals surface area (Å²) in [6.07, 6.45) is 5.27. The zero-order valence-corrected chi connectivity index (χ0v) is 18.8. The lowest BCUT2D eigenvalue weighted by atomic mass is 9.88. The summed E-state index contributed by atoms with van der Waals surface area (Å²) in [5.41, 5.74) is 4.87. The lowest BCUT2D eigenvalue weighted by Crippen LogP contribution is -2.46. The summed E-state index contributed by atoms with van der Waals surface area (Å²) in [5.74, 6) is -1.35. The van der Waals surface area contributed by atoms with E-state index in [1.807, 2.05) is 23.6 Å². The molecule has 1 aliphatic carbocycles. The molecular formula is C24H27F2N5O. The van der Waals surface area contributed by atoms with Crippen molar-refractivity contribution in [2.75, 3.05) is 0 Å². The largest absolute Gasteiger partial charge is 0.327 e. The molecule has 1 fully saturated rings. The van der Waals surface area contributed by atoms with Gasteiger partial charge in [-0.2, -0.15) is 10.2 Å². The van der Waals surface area contributed by atoms with Crippen LogP contribution in [0.5, 0.6) is 0 Å². The Bertz CT molecular complexity index is 1210. The standard InChI is InChI=1S/C24H27F2N5O/c1-5-16-11-17-21(28-30(4)23(17)15-8-9-19(25)20(26)10-15)13(2)31(16)24(32)18-12-27-29(3)22(18)14-6-7-14/h8-10,12-14,16H,5-7,11H2,1-4H3. The van der Waals surface area contributed by atoms with Crippen LogP contribution >= 0.6 is 0 Å². The molecule has 0 saturated heterocycles. The Kier molecular flexibility index (Phi) is 4.91. The molecular weight excluding hydrogens is 412 g/mol. The number of fused-ring (bicyclic) bond motifs is 1. The highest BCUT2D eigenvalue weighted by Crippen LogP contribution is 2.44. The van der Waals surface area contributed by atoms with Gasteiger partial charge in [0.2, 0.25) is 0 Å². The summed E-state index contributed by atoms with van der Waals surface area (Å²) < 4.78 is 31.0. The minimum absolute atomic E-state index is 0.00923.